The zero-order valence-corrected chi connectivity index (χ0v) is 17.0. The van der Waals surface area contributed by atoms with E-state index >= 15 is 0 Å². The number of nitrogen functional groups attached to an aromatic ring is 1. The van der Waals surface area contributed by atoms with Crippen LogP contribution in [0.1, 0.15) is 39.4 Å². The second-order valence-corrected chi connectivity index (χ2v) is 8.35. The summed E-state index contributed by atoms with van der Waals surface area (Å²) in [5.41, 5.74) is 5.94. The molecule has 0 fully saturated rings. The van der Waals surface area contributed by atoms with Crippen molar-refractivity contribution in [2.45, 2.75) is 38.1 Å². The van der Waals surface area contributed by atoms with Gasteiger partial charge in [0.1, 0.15) is 12.1 Å². The largest absolute Gasteiger partial charge is 0.481 e. The van der Waals surface area contributed by atoms with E-state index in [0.717, 1.165) is 17.7 Å². The average molecular weight is 433 g/mol. The standard InChI is InChI=1S/C19H23N5O5S/c20-19-23-16-13(17(28)24-19)7-10(8-21-16)1-3-12-4-5-14(30-12)18(29)22-11(9-25)2-6-15(26)27/h4-5,9-11H,1-3,6-8H2,(H,22,29)(H,26,27)(H4,20,21,23,24,28)/t10-,11+/m1/s1. The van der Waals surface area contributed by atoms with Crippen LogP contribution in [0, 0.1) is 5.92 Å². The Balaban J connectivity index is 1.53. The van der Waals surface area contributed by atoms with E-state index in [1.165, 1.54) is 11.3 Å². The van der Waals surface area contributed by atoms with Crippen LogP contribution in [0.5, 0.6) is 0 Å². The number of H-pyrrole nitrogens is 1. The number of carboxylic acids is 1. The second-order valence-electron chi connectivity index (χ2n) is 7.18. The van der Waals surface area contributed by atoms with Gasteiger partial charge in [0.15, 0.2) is 0 Å². The minimum Gasteiger partial charge on any atom is -0.481 e. The van der Waals surface area contributed by atoms with E-state index in [-0.39, 0.29) is 30.3 Å². The van der Waals surface area contributed by atoms with Gasteiger partial charge in [0.05, 0.1) is 16.5 Å². The number of nitrogens with two attached hydrogens (primary N) is 1. The molecule has 1 aliphatic rings. The second kappa shape index (κ2) is 9.53. The number of thiophene rings is 1. The molecule has 10 nitrogen and oxygen atoms in total. The Morgan fingerprint density at radius 3 is 2.97 bits per heavy atom. The van der Waals surface area contributed by atoms with Gasteiger partial charge in [0.2, 0.25) is 5.95 Å². The number of aromatic amines is 1. The Hall–Kier alpha value is -3.21. The summed E-state index contributed by atoms with van der Waals surface area (Å²) in [5, 5.41) is 14.4. The van der Waals surface area contributed by atoms with Crippen LogP contribution in [-0.2, 0) is 22.4 Å². The molecule has 0 unspecified atom stereocenters. The van der Waals surface area contributed by atoms with Crippen LogP contribution in [0.3, 0.4) is 0 Å². The Bertz CT molecular complexity index is 1000. The van der Waals surface area contributed by atoms with Gasteiger partial charge in [-0.25, -0.2) is 0 Å². The minimum atomic E-state index is -1.02. The topological polar surface area (TPSA) is 167 Å². The summed E-state index contributed by atoms with van der Waals surface area (Å²) in [5.74, 6) is -0.532. The lowest BCUT2D eigenvalue weighted by Crippen LogP contribution is -2.36. The van der Waals surface area contributed by atoms with Crippen LogP contribution < -0.4 is 21.9 Å². The summed E-state index contributed by atoms with van der Waals surface area (Å²) < 4.78 is 0. The maximum atomic E-state index is 12.3. The fourth-order valence-electron chi connectivity index (χ4n) is 3.33. The molecule has 3 rings (SSSR count). The average Bonchev–Trinajstić information content (AvgIpc) is 3.18. The summed E-state index contributed by atoms with van der Waals surface area (Å²) in [4.78, 5) is 54.2. The number of carbonyl (C=O) groups is 3. The fraction of sp³-hybridized carbons (Fsp3) is 0.421. The molecule has 0 saturated heterocycles. The Labute approximate surface area is 175 Å². The number of hydrogen-bond donors (Lipinski definition) is 5. The van der Waals surface area contributed by atoms with Crippen LogP contribution in [0.2, 0.25) is 0 Å². The minimum absolute atomic E-state index is 0.0542. The first-order valence-corrected chi connectivity index (χ1v) is 10.4. The highest BCUT2D eigenvalue weighted by Gasteiger charge is 2.23. The third kappa shape index (κ3) is 5.44. The molecule has 0 radical (unpaired) electrons. The first-order chi connectivity index (χ1) is 14.4. The first kappa shape index (κ1) is 21.5. The molecule has 2 atom stereocenters. The SMILES string of the molecule is Nc1nc2c(c(=O)[nH]1)C[C@@H](CCc1ccc(C(=O)N[C@H](C=O)CCC(=O)O)s1)CN2. The number of fused-ring (bicyclic) bond motifs is 1. The summed E-state index contributed by atoms with van der Waals surface area (Å²) in [6.07, 6.45) is 2.59. The molecule has 0 bridgehead atoms. The molecule has 160 valence electrons. The first-order valence-electron chi connectivity index (χ1n) is 9.55. The van der Waals surface area contributed by atoms with Crippen molar-refractivity contribution < 1.29 is 19.5 Å². The van der Waals surface area contributed by atoms with Crippen molar-refractivity contribution in [3.63, 3.8) is 0 Å². The van der Waals surface area contributed by atoms with E-state index < -0.39 is 17.9 Å². The maximum Gasteiger partial charge on any atom is 0.303 e. The van der Waals surface area contributed by atoms with Crippen molar-refractivity contribution in [2.24, 2.45) is 5.92 Å². The predicted molar refractivity (Wildman–Crippen MR) is 112 cm³/mol. The maximum absolute atomic E-state index is 12.3. The molecule has 0 saturated carbocycles. The molecular formula is C19H23N5O5S. The highest BCUT2D eigenvalue weighted by molar-refractivity contribution is 7.14. The van der Waals surface area contributed by atoms with Gasteiger partial charge >= 0.3 is 5.97 Å². The molecule has 2 aromatic rings. The van der Waals surface area contributed by atoms with Gasteiger partial charge in [-0.05, 0) is 43.7 Å². The van der Waals surface area contributed by atoms with Gasteiger partial charge < -0.3 is 26.3 Å². The third-order valence-corrected chi connectivity index (χ3v) is 6.06. The summed E-state index contributed by atoms with van der Waals surface area (Å²) in [6, 6.07) is 2.74. The van der Waals surface area contributed by atoms with Crippen molar-refractivity contribution in [3.8, 4) is 0 Å². The van der Waals surface area contributed by atoms with Crippen LogP contribution in [0.4, 0.5) is 11.8 Å². The van der Waals surface area contributed by atoms with Gasteiger partial charge in [0, 0.05) is 17.8 Å². The lowest BCUT2D eigenvalue weighted by molar-refractivity contribution is -0.137. The summed E-state index contributed by atoms with van der Waals surface area (Å²) in [6.45, 7) is 0.687. The monoisotopic (exact) mass is 433 g/mol. The summed E-state index contributed by atoms with van der Waals surface area (Å²) >= 11 is 1.34. The normalized spacial score (nSPS) is 16.2. The number of aldehydes is 1. The van der Waals surface area contributed by atoms with Crippen molar-refractivity contribution in [2.75, 3.05) is 17.6 Å². The van der Waals surface area contributed by atoms with Crippen LogP contribution in [-0.4, -0.2) is 45.8 Å². The van der Waals surface area contributed by atoms with Gasteiger partial charge in [0.25, 0.3) is 11.5 Å². The highest BCUT2D eigenvalue weighted by atomic mass is 32.1. The number of carbonyl (C=O) groups excluding carboxylic acids is 2. The van der Waals surface area contributed by atoms with Crippen molar-refractivity contribution in [3.05, 3.63) is 37.8 Å². The molecule has 1 aliphatic heterocycles. The van der Waals surface area contributed by atoms with E-state index in [2.05, 4.69) is 20.6 Å². The van der Waals surface area contributed by atoms with Crippen molar-refractivity contribution >= 4 is 41.3 Å². The molecule has 30 heavy (non-hydrogen) atoms. The van der Waals surface area contributed by atoms with Crippen molar-refractivity contribution in [1.29, 1.82) is 0 Å². The molecule has 0 aliphatic carbocycles. The number of amides is 1. The summed E-state index contributed by atoms with van der Waals surface area (Å²) in [7, 11) is 0. The number of nitrogens with zero attached hydrogens (tertiary/aromatic N) is 1. The van der Waals surface area contributed by atoms with Gasteiger partial charge in [-0.1, -0.05) is 0 Å². The van der Waals surface area contributed by atoms with E-state index in [9.17, 15) is 19.2 Å². The number of aryl methyl sites for hydroxylation is 1. The van der Waals surface area contributed by atoms with E-state index in [1.54, 1.807) is 6.07 Å². The quantitative estimate of drug-likeness (QED) is 0.362. The lowest BCUT2D eigenvalue weighted by Gasteiger charge is -2.24. The van der Waals surface area contributed by atoms with Gasteiger partial charge in [-0.2, -0.15) is 4.98 Å². The number of aliphatic carboxylic acids is 1. The lowest BCUT2D eigenvalue weighted by atomic mass is 9.92. The molecule has 0 aromatic carbocycles. The number of nitrogens with one attached hydrogen (secondary N) is 3. The van der Waals surface area contributed by atoms with E-state index in [4.69, 9.17) is 10.8 Å². The van der Waals surface area contributed by atoms with E-state index in [0.29, 0.717) is 35.5 Å². The predicted octanol–water partition coefficient (Wildman–Crippen LogP) is 0.793. The number of hydrogen-bond acceptors (Lipinski definition) is 8. The molecule has 3 heterocycles. The zero-order valence-electron chi connectivity index (χ0n) is 16.1. The van der Waals surface area contributed by atoms with Gasteiger partial charge in [-0.15, -0.1) is 11.3 Å². The van der Waals surface area contributed by atoms with Crippen LogP contribution >= 0.6 is 11.3 Å². The number of rotatable bonds is 9. The number of carboxylic acid groups (broad SMARTS) is 1. The zero-order chi connectivity index (χ0) is 21.7. The van der Waals surface area contributed by atoms with Gasteiger partial charge in [-0.3, -0.25) is 19.4 Å². The molecular weight excluding hydrogens is 410 g/mol. The molecule has 11 heteroatoms. The Morgan fingerprint density at radius 1 is 1.43 bits per heavy atom. The Morgan fingerprint density at radius 2 is 2.23 bits per heavy atom. The molecule has 0 spiro atoms. The fourth-order valence-corrected chi connectivity index (χ4v) is 4.26. The van der Waals surface area contributed by atoms with E-state index in [1.807, 2.05) is 6.07 Å². The smallest absolute Gasteiger partial charge is 0.303 e. The highest BCUT2D eigenvalue weighted by Crippen LogP contribution is 2.25. The molecule has 1 amide bonds. The molecule has 6 N–H and O–H groups in total. The number of anilines is 2. The molecule has 2 aromatic heterocycles. The number of aromatic nitrogens is 2. The van der Waals surface area contributed by atoms with Crippen LogP contribution in [0.15, 0.2) is 16.9 Å². The third-order valence-electron chi connectivity index (χ3n) is 4.92. The van der Waals surface area contributed by atoms with Crippen LogP contribution in [0.25, 0.3) is 0 Å². The Kier molecular flexibility index (Phi) is 6.83. The van der Waals surface area contributed by atoms with Crippen molar-refractivity contribution in [1.82, 2.24) is 15.3 Å².